The number of hydrogen-bond acceptors (Lipinski definition) is 4. The van der Waals surface area contributed by atoms with Crippen LogP contribution in [-0.2, 0) is 26.2 Å². The van der Waals surface area contributed by atoms with E-state index in [-0.39, 0.29) is 23.0 Å². The number of carbonyl (C=O) groups is 2. The number of carbonyl (C=O) groups excluding carboxylic acids is 2. The Bertz CT molecular complexity index is 1470. The van der Waals surface area contributed by atoms with Gasteiger partial charge in [0.15, 0.2) is 0 Å². The molecule has 220 valence electrons. The third-order valence-electron chi connectivity index (χ3n) is 6.61. The van der Waals surface area contributed by atoms with Crippen molar-refractivity contribution in [2.24, 2.45) is 0 Å². The molecule has 1 unspecified atom stereocenters. The molecule has 0 aliphatic carbocycles. The van der Waals surface area contributed by atoms with E-state index in [2.05, 4.69) is 5.32 Å². The van der Waals surface area contributed by atoms with Crippen LogP contribution in [0.25, 0.3) is 0 Å². The Morgan fingerprint density at radius 2 is 1.61 bits per heavy atom. The predicted octanol–water partition coefficient (Wildman–Crippen LogP) is 6.87. The second-order valence-corrected chi connectivity index (χ2v) is 12.7. The number of benzene rings is 3. The summed E-state index contributed by atoms with van der Waals surface area (Å²) in [6.07, 6.45) is 2.00. The van der Waals surface area contributed by atoms with Crippen molar-refractivity contribution in [3.05, 3.63) is 92.9 Å². The number of nitrogens with zero attached hydrogens (tertiary/aromatic N) is 2. The Hall–Kier alpha value is -2.78. The van der Waals surface area contributed by atoms with Crippen LogP contribution in [0.3, 0.4) is 0 Å². The summed E-state index contributed by atoms with van der Waals surface area (Å²) in [4.78, 5) is 28.8. The monoisotopic (exact) mass is 637 g/mol. The molecule has 0 aromatic heterocycles. The van der Waals surface area contributed by atoms with Crippen LogP contribution in [0.4, 0.5) is 5.69 Å². The second-order valence-electron chi connectivity index (χ2n) is 9.60. The normalized spacial score (nSPS) is 12.0. The van der Waals surface area contributed by atoms with E-state index in [1.165, 1.54) is 23.1 Å². The van der Waals surface area contributed by atoms with Gasteiger partial charge in [0.05, 0.1) is 20.6 Å². The van der Waals surface area contributed by atoms with Gasteiger partial charge in [-0.2, -0.15) is 0 Å². The Morgan fingerprint density at radius 1 is 0.902 bits per heavy atom. The lowest BCUT2D eigenvalue weighted by molar-refractivity contribution is -0.140. The van der Waals surface area contributed by atoms with Crippen molar-refractivity contribution in [3.8, 4) is 0 Å². The zero-order chi connectivity index (χ0) is 30.2. The first-order chi connectivity index (χ1) is 19.5. The van der Waals surface area contributed by atoms with Gasteiger partial charge < -0.3 is 10.2 Å². The fraction of sp³-hybridized carbons (Fsp3) is 0.333. The molecule has 0 saturated carbocycles. The van der Waals surface area contributed by atoms with Crippen LogP contribution in [0.1, 0.15) is 44.2 Å². The smallest absolute Gasteiger partial charge is 0.264 e. The number of rotatable bonds is 13. The molecule has 0 aliphatic heterocycles. The average molecular weight is 639 g/mol. The molecular weight excluding hydrogens is 605 g/mol. The molecule has 11 heteroatoms. The van der Waals surface area contributed by atoms with Crippen LogP contribution in [0.5, 0.6) is 0 Å². The van der Waals surface area contributed by atoms with Crippen molar-refractivity contribution < 1.29 is 18.0 Å². The lowest BCUT2D eigenvalue weighted by Gasteiger charge is -2.33. The molecule has 0 radical (unpaired) electrons. The minimum Gasteiger partial charge on any atom is -0.354 e. The molecular formula is C30H34Cl3N3O4S. The molecule has 0 heterocycles. The van der Waals surface area contributed by atoms with E-state index in [0.29, 0.717) is 33.6 Å². The molecule has 2 amide bonds. The van der Waals surface area contributed by atoms with E-state index in [1.54, 1.807) is 62.4 Å². The average Bonchev–Trinajstić information content (AvgIpc) is 2.95. The maximum Gasteiger partial charge on any atom is 0.264 e. The summed E-state index contributed by atoms with van der Waals surface area (Å²) >= 11 is 18.7. The fourth-order valence-corrected chi connectivity index (χ4v) is 6.17. The molecule has 3 rings (SSSR count). The topological polar surface area (TPSA) is 86.8 Å². The first-order valence-corrected chi connectivity index (χ1v) is 15.9. The second kappa shape index (κ2) is 14.9. The Balaban J connectivity index is 2.06. The number of halogens is 3. The van der Waals surface area contributed by atoms with Gasteiger partial charge in [-0.1, -0.05) is 85.4 Å². The zero-order valence-corrected chi connectivity index (χ0v) is 26.3. The Morgan fingerprint density at radius 3 is 2.22 bits per heavy atom. The molecule has 0 aliphatic rings. The summed E-state index contributed by atoms with van der Waals surface area (Å²) < 4.78 is 28.8. The molecule has 0 spiro atoms. The van der Waals surface area contributed by atoms with Gasteiger partial charge in [0.25, 0.3) is 10.0 Å². The Kier molecular flexibility index (Phi) is 11.9. The van der Waals surface area contributed by atoms with Gasteiger partial charge in [0, 0.05) is 18.1 Å². The minimum absolute atomic E-state index is 0.0172. The summed E-state index contributed by atoms with van der Waals surface area (Å²) in [5.41, 5.74) is 1.63. The molecule has 41 heavy (non-hydrogen) atoms. The summed E-state index contributed by atoms with van der Waals surface area (Å²) in [6.45, 7) is 5.55. The van der Waals surface area contributed by atoms with E-state index >= 15 is 0 Å². The van der Waals surface area contributed by atoms with Crippen LogP contribution in [0, 0.1) is 6.92 Å². The number of sulfonamides is 1. The van der Waals surface area contributed by atoms with Gasteiger partial charge in [0.2, 0.25) is 11.8 Å². The molecule has 1 atom stereocenters. The van der Waals surface area contributed by atoms with Gasteiger partial charge in [-0.05, 0) is 67.3 Å². The van der Waals surface area contributed by atoms with Crippen molar-refractivity contribution in [1.82, 2.24) is 10.2 Å². The van der Waals surface area contributed by atoms with Crippen molar-refractivity contribution in [3.63, 3.8) is 0 Å². The maximum absolute atomic E-state index is 14.1. The molecule has 0 bridgehead atoms. The lowest BCUT2D eigenvalue weighted by Crippen LogP contribution is -2.52. The van der Waals surface area contributed by atoms with E-state index in [1.807, 2.05) is 6.92 Å². The fourth-order valence-electron chi connectivity index (χ4n) is 4.25. The highest BCUT2D eigenvalue weighted by molar-refractivity contribution is 7.92. The first-order valence-electron chi connectivity index (χ1n) is 13.3. The highest BCUT2D eigenvalue weighted by Gasteiger charge is 2.33. The van der Waals surface area contributed by atoms with E-state index < -0.39 is 28.5 Å². The molecule has 7 nitrogen and oxygen atoms in total. The van der Waals surface area contributed by atoms with Crippen molar-refractivity contribution >= 4 is 62.3 Å². The summed E-state index contributed by atoms with van der Waals surface area (Å²) in [7, 11) is -4.18. The maximum atomic E-state index is 14.1. The number of unbranched alkanes of at least 4 members (excludes halogenated alkanes) is 1. The van der Waals surface area contributed by atoms with Crippen LogP contribution >= 0.6 is 34.8 Å². The highest BCUT2D eigenvalue weighted by atomic mass is 35.5. The van der Waals surface area contributed by atoms with Gasteiger partial charge in [-0.25, -0.2) is 8.42 Å². The largest absolute Gasteiger partial charge is 0.354 e. The summed E-state index contributed by atoms with van der Waals surface area (Å²) in [6, 6.07) is 16.8. The minimum atomic E-state index is -4.18. The first kappa shape index (κ1) is 32.7. The van der Waals surface area contributed by atoms with Gasteiger partial charge in [0.1, 0.15) is 12.6 Å². The molecule has 3 aromatic carbocycles. The van der Waals surface area contributed by atoms with E-state index in [0.717, 1.165) is 22.7 Å². The number of hydrogen-bond donors (Lipinski definition) is 1. The third-order valence-corrected chi connectivity index (χ3v) is 9.54. The Labute approximate surface area is 257 Å². The quantitative estimate of drug-likeness (QED) is 0.207. The van der Waals surface area contributed by atoms with Gasteiger partial charge in [-0.15, -0.1) is 0 Å². The van der Waals surface area contributed by atoms with Crippen LogP contribution in [0.15, 0.2) is 71.6 Å². The molecule has 0 fully saturated rings. The molecule has 3 aromatic rings. The lowest BCUT2D eigenvalue weighted by atomic mass is 10.1. The van der Waals surface area contributed by atoms with Crippen molar-refractivity contribution in [1.29, 1.82) is 0 Å². The number of amides is 2. The van der Waals surface area contributed by atoms with E-state index in [9.17, 15) is 18.0 Å². The van der Waals surface area contributed by atoms with Crippen LogP contribution in [-0.4, -0.2) is 44.3 Å². The SMILES string of the molecule is CCCCNC(=O)C(CC)N(Cc1ccc(Cl)c(Cl)c1)C(=O)CN(c1ccc(C)c(Cl)c1)S(=O)(=O)c1ccccc1. The third kappa shape index (κ3) is 8.38. The van der Waals surface area contributed by atoms with Crippen LogP contribution in [0.2, 0.25) is 15.1 Å². The molecule has 1 N–H and O–H groups in total. The van der Waals surface area contributed by atoms with Gasteiger partial charge in [-0.3, -0.25) is 13.9 Å². The van der Waals surface area contributed by atoms with Crippen molar-refractivity contribution in [2.75, 3.05) is 17.4 Å². The summed E-state index contributed by atoms with van der Waals surface area (Å²) in [5, 5.41) is 3.92. The summed E-state index contributed by atoms with van der Waals surface area (Å²) in [5.74, 6) is -0.880. The molecule has 0 saturated heterocycles. The van der Waals surface area contributed by atoms with Crippen molar-refractivity contribution in [2.45, 2.75) is 57.5 Å². The number of anilines is 1. The zero-order valence-electron chi connectivity index (χ0n) is 23.2. The number of nitrogens with one attached hydrogen (secondary N) is 1. The predicted molar refractivity (Wildman–Crippen MR) is 166 cm³/mol. The van der Waals surface area contributed by atoms with Crippen LogP contribution < -0.4 is 9.62 Å². The van der Waals surface area contributed by atoms with E-state index in [4.69, 9.17) is 34.8 Å². The number of aryl methyl sites for hydroxylation is 1. The van der Waals surface area contributed by atoms with Gasteiger partial charge >= 0.3 is 0 Å². The standard InChI is InChI=1S/C30H34Cl3N3O4S/c1-4-6-16-34-30(38)28(5-2)35(19-22-13-15-25(31)27(33)17-22)29(37)20-36(23-14-12-21(3)26(32)18-23)41(39,40)24-10-8-7-9-11-24/h7-15,17-18,28H,4-6,16,19-20H2,1-3H3,(H,34,38). The highest BCUT2D eigenvalue weighted by Crippen LogP contribution is 2.29.